The minimum atomic E-state index is -0.290. The number of hydrogen-bond donors (Lipinski definition) is 1. The van der Waals surface area contributed by atoms with Gasteiger partial charge in [0.1, 0.15) is 0 Å². The number of aryl methyl sites for hydroxylation is 1. The Morgan fingerprint density at radius 2 is 2.12 bits per heavy atom. The molecule has 0 unspecified atom stereocenters. The van der Waals surface area contributed by atoms with E-state index in [0.717, 1.165) is 15.6 Å². The fourth-order valence-electron chi connectivity index (χ4n) is 1.52. The average Bonchev–Trinajstić information content (AvgIpc) is 2.51. The Labute approximate surface area is 102 Å². The number of hydrogen-bond acceptors (Lipinski definition) is 2. The number of nitrogens with one attached hydrogen (secondary N) is 1. The van der Waals surface area contributed by atoms with Crippen molar-refractivity contribution in [1.82, 2.24) is 5.32 Å². The smallest absolute Gasteiger partial charge is 0.254 e. The van der Waals surface area contributed by atoms with Crippen molar-refractivity contribution in [2.45, 2.75) is 13.3 Å². The SMILES string of the molecule is Cc1ccc(/C=C2/CC(=O)NC2=O)cc1Br. The van der Waals surface area contributed by atoms with Gasteiger partial charge in [-0.2, -0.15) is 0 Å². The van der Waals surface area contributed by atoms with E-state index in [9.17, 15) is 9.59 Å². The first kappa shape index (κ1) is 11.1. The second kappa shape index (κ2) is 4.22. The summed E-state index contributed by atoms with van der Waals surface area (Å²) in [5.74, 6) is -0.524. The van der Waals surface area contributed by atoms with Gasteiger partial charge in [-0.3, -0.25) is 14.9 Å². The summed E-state index contributed by atoms with van der Waals surface area (Å²) in [4.78, 5) is 22.3. The van der Waals surface area contributed by atoms with E-state index in [2.05, 4.69) is 21.2 Å². The molecule has 0 aromatic heterocycles. The van der Waals surface area contributed by atoms with Crippen LogP contribution in [0.25, 0.3) is 6.08 Å². The van der Waals surface area contributed by atoms with Gasteiger partial charge in [-0.15, -0.1) is 0 Å². The first-order valence-corrected chi connectivity index (χ1v) is 5.66. The van der Waals surface area contributed by atoms with Gasteiger partial charge in [-0.05, 0) is 30.2 Å². The van der Waals surface area contributed by atoms with Crippen LogP contribution >= 0.6 is 15.9 Å². The summed E-state index contributed by atoms with van der Waals surface area (Å²) in [6, 6.07) is 5.81. The van der Waals surface area contributed by atoms with E-state index in [1.54, 1.807) is 6.08 Å². The standard InChI is InChI=1S/C12H10BrNO2/c1-7-2-3-8(5-10(7)13)4-9-6-11(15)14-12(9)16/h2-5H,6H2,1H3,(H,14,15,16)/b9-4-. The van der Waals surface area contributed by atoms with Crippen LogP contribution in [-0.2, 0) is 9.59 Å². The number of benzene rings is 1. The van der Waals surface area contributed by atoms with Gasteiger partial charge in [0.2, 0.25) is 5.91 Å². The molecule has 4 heteroatoms. The number of halogens is 1. The van der Waals surface area contributed by atoms with Gasteiger partial charge in [0.15, 0.2) is 0 Å². The quantitative estimate of drug-likeness (QED) is 0.633. The molecule has 1 aromatic carbocycles. The van der Waals surface area contributed by atoms with Gasteiger partial charge >= 0.3 is 0 Å². The molecule has 1 N–H and O–H groups in total. The molecule has 0 saturated carbocycles. The largest absolute Gasteiger partial charge is 0.292 e. The highest BCUT2D eigenvalue weighted by molar-refractivity contribution is 9.10. The molecule has 0 aliphatic carbocycles. The normalized spacial score (nSPS) is 18.0. The third-order valence-corrected chi connectivity index (χ3v) is 3.29. The zero-order chi connectivity index (χ0) is 11.7. The summed E-state index contributed by atoms with van der Waals surface area (Å²) in [5.41, 5.74) is 2.56. The number of carbonyl (C=O) groups is 2. The summed E-state index contributed by atoms with van der Waals surface area (Å²) in [7, 11) is 0. The van der Waals surface area contributed by atoms with E-state index in [0.29, 0.717) is 5.57 Å². The fourth-order valence-corrected chi connectivity index (χ4v) is 1.92. The van der Waals surface area contributed by atoms with Crippen molar-refractivity contribution in [3.63, 3.8) is 0 Å². The van der Waals surface area contributed by atoms with Crippen molar-refractivity contribution in [1.29, 1.82) is 0 Å². The number of rotatable bonds is 1. The first-order chi connectivity index (χ1) is 7.56. The molecule has 1 aliphatic heterocycles. The summed E-state index contributed by atoms with van der Waals surface area (Å²) >= 11 is 3.43. The van der Waals surface area contributed by atoms with Crippen LogP contribution in [0.5, 0.6) is 0 Å². The van der Waals surface area contributed by atoms with Gasteiger partial charge in [0, 0.05) is 10.0 Å². The van der Waals surface area contributed by atoms with E-state index < -0.39 is 0 Å². The number of carbonyl (C=O) groups excluding carboxylic acids is 2. The summed E-state index contributed by atoms with van der Waals surface area (Å²) in [5, 5.41) is 2.26. The van der Waals surface area contributed by atoms with Gasteiger partial charge in [0.25, 0.3) is 5.91 Å². The van der Waals surface area contributed by atoms with Crippen molar-refractivity contribution in [2.24, 2.45) is 0 Å². The van der Waals surface area contributed by atoms with E-state index in [1.165, 1.54) is 0 Å². The molecule has 0 bridgehead atoms. The molecule has 0 radical (unpaired) electrons. The zero-order valence-corrected chi connectivity index (χ0v) is 10.3. The molecule has 1 heterocycles. The van der Waals surface area contributed by atoms with Crippen LogP contribution in [0.2, 0.25) is 0 Å². The Hall–Kier alpha value is -1.42. The fraction of sp³-hybridized carbons (Fsp3) is 0.167. The van der Waals surface area contributed by atoms with Crippen molar-refractivity contribution in [3.8, 4) is 0 Å². The molecule has 1 saturated heterocycles. The summed E-state index contributed by atoms with van der Waals surface area (Å²) in [6.07, 6.45) is 1.91. The Kier molecular flexibility index (Phi) is 2.92. The first-order valence-electron chi connectivity index (χ1n) is 4.87. The van der Waals surface area contributed by atoms with E-state index in [-0.39, 0.29) is 18.2 Å². The van der Waals surface area contributed by atoms with Gasteiger partial charge < -0.3 is 0 Å². The van der Waals surface area contributed by atoms with Crippen LogP contribution < -0.4 is 5.32 Å². The van der Waals surface area contributed by atoms with Gasteiger partial charge in [-0.1, -0.05) is 28.1 Å². The topological polar surface area (TPSA) is 46.2 Å². The van der Waals surface area contributed by atoms with Crippen LogP contribution in [0.4, 0.5) is 0 Å². The van der Waals surface area contributed by atoms with Crippen LogP contribution in [-0.4, -0.2) is 11.8 Å². The lowest BCUT2D eigenvalue weighted by molar-refractivity contribution is -0.124. The number of imide groups is 1. The highest BCUT2D eigenvalue weighted by atomic mass is 79.9. The zero-order valence-electron chi connectivity index (χ0n) is 8.71. The van der Waals surface area contributed by atoms with Crippen molar-refractivity contribution >= 4 is 33.8 Å². The Morgan fingerprint density at radius 1 is 1.38 bits per heavy atom. The van der Waals surface area contributed by atoms with Gasteiger partial charge in [-0.25, -0.2) is 0 Å². The van der Waals surface area contributed by atoms with Gasteiger partial charge in [0.05, 0.1) is 6.42 Å². The molecule has 2 amide bonds. The average molecular weight is 280 g/mol. The Morgan fingerprint density at radius 3 is 2.69 bits per heavy atom. The third kappa shape index (κ3) is 2.22. The summed E-state index contributed by atoms with van der Waals surface area (Å²) in [6.45, 7) is 1.99. The molecule has 16 heavy (non-hydrogen) atoms. The van der Waals surface area contributed by atoms with E-state index >= 15 is 0 Å². The lowest BCUT2D eigenvalue weighted by atomic mass is 10.1. The Bertz CT molecular complexity index is 506. The van der Waals surface area contributed by atoms with Crippen molar-refractivity contribution in [3.05, 3.63) is 39.4 Å². The third-order valence-electron chi connectivity index (χ3n) is 2.43. The molecule has 82 valence electrons. The minimum Gasteiger partial charge on any atom is -0.292 e. The van der Waals surface area contributed by atoms with Crippen LogP contribution in [0.1, 0.15) is 17.5 Å². The maximum absolute atomic E-state index is 11.3. The van der Waals surface area contributed by atoms with E-state index in [4.69, 9.17) is 0 Å². The monoisotopic (exact) mass is 279 g/mol. The summed E-state index contributed by atoms with van der Waals surface area (Å²) < 4.78 is 0.992. The van der Waals surface area contributed by atoms with E-state index in [1.807, 2.05) is 25.1 Å². The highest BCUT2D eigenvalue weighted by Gasteiger charge is 2.23. The molecule has 1 aromatic rings. The molecular weight excluding hydrogens is 270 g/mol. The lowest BCUT2D eigenvalue weighted by Gasteiger charge is -2.00. The number of amides is 2. The minimum absolute atomic E-state index is 0.171. The molecule has 0 spiro atoms. The van der Waals surface area contributed by atoms with Crippen molar-refractivity contribution < 1.29 is 9.59 Å². The second-order valence-electron chi connectivity index (χ2n) is 3.73. The van der Waals surface area contributed by atoms with Crippen LogP contribution in [0.3, 0.4) is 0 Å². The Balaban J connectivity index is 2.32. The maximum atomic E-state index is 11.3. The molecular formula is C12H10BrNO2. The van der Waals surface area contributed by atoms with Crippen LogP contribution in [0, 0.1) is 6.92 Å². The lowest BCUT2D eigenvalue weighted by Crippen LogP contribution is -2.19. The molecule has 1 fully saturated rings. The predicted molar refractivity (Wildman–Crippen MR) is 64.6 cm³/mol. The molecule has 2 rings (SSSR count). The molecule has 0 atom stereocenters. The molecule has 1 aliphatic rings. The van der Waals surface area contributed by atoms with Crippen molar-refractivity contribution in [2.75, 3.05) is 0 Å². The maximum Gasteiger partial charge on any atom is 0.254 e. The predicted octanol–water partition coefficient (Wildman–Crippen LogP) is 2.19. The highest BCUT2D eigenvalue weighted by Crippen LogP contribution is 2.21. The van der Waals surface area contributed by atoms with Crippen LogP contribution in [0.15, 0.2) is 28.2 Å². The second-order valence-corrected chi connectivity index (χ2v) is 4.59. The molecule has 3 nitrogen and oxygen atoms in total.